The molecule has 5 radical (unpaired) electrons. The van der Waals surface area contributed by atoms with Crippen LogP contribution in [0.3, 0.4) is 0 Å². The van der Waals surface area contributed by atoms with Crippen molar-refractivity contribution in [1.29, 1.82) is 0 Å². The first-order valence-electron chi connectivity index (χ1n) is 24.8. The van der Waals surface area contributed by atoms with Crippen LogP contribution in [-0.4, -0.2) is 78.9 Å². The molecule has 0 bridgehead atoms. The maximum Gasteiger partial charge on any atom is 0.412 e. The average Bonchev–Trinajstić information content (AvgIpc) is 1.78. The van der Waals surface area contributed by atoms with Gasteiger partial charge in [-0.15, -0.1) is 0 Å². The van der Waals surface area contributed by atoms with Crippen LogP contribution in [0.2, 0.25) is 0 Å². The van der Waals surface area contributed by atoms with E-state index in [0.29, 0.717) is 29.1 Å². The first kappa shape index (κ1) is 73.6. The van der Waals surface area contributed by atoms with Crippen molar-refractivity contribution in [3.63, 3.8) is 0 Å². The first-order valence-corrected chi connectivity index (χ1v) is 24.8. The normalized spacial score (nSPS) is 10.6. The van der Waals surface area contributed by atoms with Crippen molar-refractivity contribution >= 4 is 49.8 Å². The van der Waals surface area contributed by atoms with Crippen LogP contribution >= 0.6 is 0 Å². The summed E-state index contributed by atoms with van der Waals surface area (Å²) < 4.78 is 128. The van der Waals surface area contributed by atoms with Gasteiger partial charge in [0.25, 0.3) is 0 Å². The van der Waals surface area contributed by atoms with Crippen LogP contribution in [0.5, 0.6) is 0 Å². The van der Waals surface area contributed by atoms with Gasteiger partial charge in [0.2, 0.25) is 0 Å². The van der Waals surface area contributed by atoms with Gasteiger partial charge in [-0.05, 0) is 105 Å². The zero-order chi connectivity index (χ0) is 60.5. The van der Waals surface area contributed by atoms with E-state index in [1.54, 1.807) is 36.8 Å². The predicted molar refractivity (Wildman–Crippen MR) is 292 cm³/mol. The Hall–Kier alpha value is -8.14. The molecule has 0 aliphatic rings. The Morgan fingerprint density at radius 1 is 0.374 bits per heavy atom. The number of nitrogens with zero attached hydrogens (tertiary/aromatic N) is 19. The van der Waals surface area contributed by atoms with Gasteiger partial charge in [-0.1, -0.05) is 84.9 Å². The van der Waals surface area contributed by atoms with Crippen LogP contribution < -0.4 is 29.8 Å². The quantitative estimate of drug-likeness (QED) is 0.0853. The van der Waals surface area contributed by atoms with Crippen molar-refractivity contribution in [3.8, 4) is 57.9 Å². The Morgan fingerprint density at radius 3 is 1.26 bits per heavy atom. The maximum atomic E-state index is 13.5. The second-order valence-corrected chi connectivity index (χ2v) is 17.6. The van der Waals surface area contributed by atoms with E-state index in [4.69, 9.17) is 0 Å². The number of para-hydroxylation sites is 6. The number of hydrogen-bond donors (Lipinski definition) is 0. The largest absolute Gasteiger partial charge is 0.434 e. The van der Waals surface area contributed by atoms with Crippen molar-refractivity contribution in [2.24, 2.45) is 0 Å². The third-order valence-corrected chi connectivity index (χ3v) is 11.6. The minimum Gasteiger partial charge on any atom is -0.434 e. The van der Waals surface area contributed by atoms with Gasteiger partial charge in [-0.3, -0.25) is 15.0 Å². The average molecular weight is 2140 g/mol. The summed E-state index contributed by atoms with van der Waals surface area (Å²) in [7, 11) is 4.00. The standard InChI is InChI=1S/C14H13N4.C12H4F4N3.C11H7N4.C10H4F6N3.C10H6N5.5Ir/c1-18(2)10-7-8-15-13(9-10)14-16-11-5-3-4-6-12(11)17-14;13-6-7(14)9(16)11-10(8(6)15)18-12(19-11)5-3-1-2-4-17-5;1-2-5-9-8(4-1)14-11(15-9)10-12-6-3-7-13-10;11-9(12,13)6-7(10(14,15)16)19-8(18-6)5-3-1-2-4-17-5;1-2-4-8-7(3-1)14-10(15-8)9-12-5-11-6-13-9;;;;;/h3-9H,1-2H3;1-4H;1-7H;1-4H;1-6H;;;;;/q5*-1;;;;;. The molecule has 0 fully saturated rings. The molecule has 0 aliphatic carbocycles. The minimum atomic E-state index is -5.23. The molecule has 34 heteroatoms. The Labute approximate surface area is 574 Å². The minimum absolute atomic E-state index is 0. The summed E-state index contributed by atoms with van der Waals surface area (Å²) in [5.41, 5.74) is 1.83. The molecule has 0 amide bonds. The Morgan fingerprint density at radius 2 is 0.802 bits per heavy atom. The summed E-state index contributed by atoms with van der Waals surface area (Å²) in [5, 5.41) is 0. The van der Waals surface area contributed by atoms with Crippen molar-refractivity contribution in [3.05, 3.63) is 206 Å². The summed E-state index contributed by atoms with van der Waals surface area (Å²) in [5.74, 6) is -4.88. The summed E-state index contributed by atoms with van der Waals surface area (Å²) in [6.07, 6.45) is 0.206. The summed E-state index contributed by atoms with van der Waals surface area (Å²) in [6, 6.07) is 37.8. The molecule has 0 unspecified atom stereocenters. The fraction of sp³-hybridized carbons (Fsp3) is 0.0702. The van der Waals surface area contributed by atoms with Crippen LogP contribution in [0.1, 0.15) is 11.4 Å². The van der Waals surface area contributed by atoms with E-state index in [1.165, 1.54) is 49.3 Å². The third-order valence-electron chi connectivity index (χ3n) is 11.6. The molecular formula is C57H34F10Ir5N19-5. The molecule has 14 aromatic rings. The van der Waals surface area contributed by atoms with Crippen molar-refractivity contribution in [2.45, 2.75) is 12.4 Å². The number of fused-ring (bicyclic) bond motifs is 4. The fourth-order valence-electron chi connectivity index (χ4n) is 7.63. The SMILES string of the molecule is CN(C)c1ccnc(-c2nc3ccccc3[n-]2)c1.FC(F)(F)c1nc(-c2ccccn2)[n-]c1C(F)(F)F.Fc1c(F)c(F)c2[n-]c(-c3ccccn3)nc2c1F.[Ir].[Ir].[Ir].[Ir].[Ir].c1ccc2[n-]c(-c3ncncn3)nc2c1.c1cnc(-c2nc3ccccc3[n-]2)nc1. The summed E-state index contributed by atoms with van der Waals surface area (Å²) >= 11 is 0. The van der Waals surface area contributed by atoms with Gasteiger partial charge in [0, 0.05) is 174 Å². The predicted octanol–water partition coefficient (Wildman–Crippen LogP) is 10.9. The number of imidazole rings is 5. The monoisotopic (exact) mass is 2140 g/mol. The number of halogens is 10. The third kappa shape index (κ3) is 17.9. The van der Waals surface area contributed by atoms with Gasteiger partial charge in [0.05, 0.1) is 17.1 Å². The van der Waals surface area contributed by atoms with E-state index in [1.807, 2.05) is 104 Å². The van der Waals surface area contributed by atoms with Gasteiger partial charge in [-0.25, -0.2) is 42.5 Å². The number of anilines is 1. The van der Waals surface area contributed by atoms with Crippen LogP contribution in [0.15, 0.2) is 171 Å². The second kappa shape index (κ2) is 32.7. The van der Waals surface area contributed by atoms with E-state index < -0.39 is 63.9 Å². The summed E-state index contributed by atoms with van der Waals surface area (Å²) in [6.45, 7) is 0. The Balaban J connectivity index is 0.000000204. The maximum absolute atomic E-state index is 13.5. The van der Waals surface area contributed by atoms with E-state index in [9.17, 15) is 43.9 Å². The van der Waals surface area contributed by atoms with Gasteiger partial charge in [0.1, 0.15) is 12.7 Å². The Bertz CT molecular complexity index is 4290. The van der Waals surface area contributed by atoms with Crippen LogP contribution in [-0.2, 0) is 113 Å². The molecule has 0 N–H and O–H groups in total. The molecule has 0 saturated carbocycles. The molecular weight excluding hydrogens is 2100 g/mol. The first-order chi connectivity index (χ1) is 41.4. The molecule has 10 aromatic heterocycles. The van der Waals surface area contributed by atoms with Gasteiger partial charge in [-0.2, -0.15) is 26.3 Å². The van der Waals surface area contributed by atoms with E-state index in [2.05, 4.69) is 89.7 Å². The molecule has 10 heterocycles. The Kier molecular flexibility index (Phi) is 26.5. The smallest absolute Gasteiger partial charge is 0.412 e. The van der Waals surface area contributed by atoms with Crippen LogP contribution in [0, 0.1) is 23.3 Å². The number of rotatable bonds is 6. The van der Waals surface area contributed by atoms with E-state index in [-0.39, 0.29) is 118 Å². The van der Waals surface area contributed by atoms with Crippen LogP contribution in [0.4, 0.5) is 49.6 Å². The van der Waals surface area contributed by atoms with Gasteiger partial charge < -0.3 is 54.7 Å². The number of benzene rings is 4. The summed E-state index contributed by atoms with van der Waals surface area (Å²) in [4.78, 5) is 73.2. The second-order valence-electron chi connectivity index (χ2n) is 17.6. The molecule has 19 nitrogen and oxygen atoms in total. The van der Waals surface area contributed by atoms with Crippen LogP contribution in [0.25, 0.3) is 102 Å². The van der Waals surface area contributed by atoms with Crippen molar-refractivity contribution < 1.29 is 144 Å². The van der Waals surface area contributed by atoms with Crippen molar-refractivity contribution in [2.75, 3.05) is 19.0 Å². The van der Waals surface area contributed by atoms with Gasteiger partial charge >= 0.3 is 12.4 Å². The fourth-order valence-corrected chi connectivity index (χ4v) is 7.63. The van der Waals surface area contributed by atoms with E-state index in [0.717, 1.165) is 44.5 Å². The number of aromatic nitrogens is 18. The molecule has 14 rings (SSSR count). The van der Waals surface area contributed by atoms with E-state index >= 15 is 0 Å². The zero-order valence-electron chi connectivity index (χ0n) is 45.6. The topological polar surface area (TPSA) is 241 Å². The van der Waals surface area contributed by atoms with Crippen molar-refractivity contribution in [1.82, 2.24) is 89.7 Å². The zero-order valence-corrected chi connectivity index (χ0v) is 57.6. The number of hydrogen-bond acceptors (Lipinski definition) is 14. The molecule has 0 saturated heterocycles. The number of pyridine rings is 3. The molecule has 91 heavy (non-hydrogen) atoms. The molecule has 0 atom stereocenters. The number of alkyl halides is 6. The molecule has 0 aliphatic heterocycles. The molecule has 477 valence electrons. The van der Waals surface area contributed by atoms with Gasteiger partial charge in [0.15, 0.2) is 34.9 Å². The molecule has 0 spiro atoms. The molecule has 4 aromatic carbocycles.